The number of esters is 1. The normalized spacial score (nSPS) is 12.2. The van der Waals surface area contributed by atoms with Gasteiger partial charge in [-0.05, 0) is 53.2 Å². The average molecular weight is 431 g/mol. The minimum atomic E-state index is -0.426. The quantitative estimate of drug-likeness (QED) is 0.322. The van der Waals surface area contributed by atoms with Crippen LogP contribution in [0.1, 0.15) is 58.6 Å². The van der Waals surface area contributed by atoms with Crippen LogP contribution in [0, 0.1) is 20.8 Å². The van der Waals surface area contributed by atoms with Crippen LogP contribution in [-0.2, 0) is 11.3 Å². The lowest BCUT2D eigenvalue weighted by Crippen LogP contribution is -2.16. The van der Waals surface area contributed by atoms with E-state index in [-0.39, 0.29) is 12.4 Å². The van der Waals surface area contributed by atoms with E-state index in [4.69, 9.17) is 9.15 Å². The predicted molar refractivity (Wildman–Crippen MR) is 114 cm³/mol. The second-order valence-electron chi connectivity index (χ2n) is 6.91. The van der Waals surface area contributed by atoms with E-state index < -0.39 is 11.2 Å². The molecule has 0 saturated heterocycles. The Hall–Kier alpha value is -2.81. The first-order valence-corrected chi connectivity index (χ1v) is 10.7. The number of hydrogen-bond acceptors (Lipinski definition) is 7. The van der Waals surface area contributed by atoms with Gasteiger partial charge in [0.25, 0.3) is 0 Å². The van der Waals surface area contributed by atoms with Gasteiger partial charge in [-0.3, -0.25) is 4.79 Å². The van der Waals surface area contributed by atoms with Crippen molar-refractivity contribution in [3.63, 3.8) is 0 Å². The first kappa shape index (κ1) is 21.9. The molecule has 0 radical (unpaired) electrons. The van der Waals surface area contributed by atoms with E-state index in [9.17, 15) is 9.59 Å². The van der Waals surface area contributed by atoms with Crippen LogP contribution in [0.25, 0.3) is 11.4 Å². The molecular weight excluding hydrogens is 404 g/mol. The van der Waals surface area contributed by atoms with Gasteiger partial charge in [0.2, 0.25) is 0 Å². The number of nitrogens with zero attached hydrogens (tertiary/aromatic N) is 3. The molecule has 1 atom stereocenters. The molecule has 0 aromatic carbocycles. The smallest absolute Gasteiger partial charge is 0.340 e. The standard InChI is InChI=1S/C21H26N4O4S/c1-7-25-19(15-9-10-29-13(15)5)23-24-21(25)30-14(6)18(26)17-11(3)16(12(4)22-17)20(27)28-8-2/h9-10,14,22H,7-8H2,1-6H3. The average Bonchev–Trinajstić information content (AvgIpc) is 3.38. The molecular formula is C21H26N4O4S. The summed E-state index contributed by atoms with van der Waals surface area (Å²) in [6, 6.07) is 1.86. The third-order valence-corrected chi connectivity index (χ3v) is 6.03. The SMILES string of the molecule is CCOC(=O)c1c(C)[nH]c(C(=O)C(C)Sc2nnc(-c3ccoc3C)n2CC)c1C. The summed E-state index contributed by atoms with van der Waals surface area (Å²) >= 11 is 1.34. The van der Waals surface area contributed by atoms with Crippen LogP contribution in [0.4, 0.5) is 0 Å². The van der Waals surface area contributed by atoms with Gasteiger partial charge in [0, 0.05) is 12.2 Å². The van der Waals surface area contributed by atoms with Crippen molar-refractivity contribution < 1.29 is 18.7 Å². The van der Waals surface area contributed by atoms with E-state index in [0.29, 0.717) is 40.0 Å². The summed E-state index contributed by atoms with van der Waals surface area (Å²) in [6.45, 7) is 11.9. The molecule has 0 aliphatic carbocycles. The van der Waals surface area contributed by atoms with Gasteiger partial charge in [-0.1, -0.05) is 11.8 Å². The van der Waals surface area contributed by atoms with E-state index in [1.807, 2.05) is 31.4 Å². The molecule has 0 aliphatic heterocycles. The van der Waals surface area contributed by atoms with Gasteiger partial charge in [-0.2, -0.15) is 0 Å². The number of carbonyl (C=O) groups excluding carboxylic acids is 2. The van der Waals surface area contributed by atoms with Crippen molar-refractivity contribution in [1.82, 2.24) is 19.7 Å². The van der Waals surface area contributed by atoms with Gasteiger partial charge >= 0.3 is 5.97 Å². The third kappa shape index (κ3) is 3.94. The number of Topliss-reactive ketones (excluding diaryl/α,β-unsaturated/α-hetero) is 1. The number of carbonyl (C=O) groups is 2. The van der Waals surface area contributed by atoms with Gasteiger partial charge in [-0.25, -0.2) is 4.79 Å². The molecule has 8 nitrogen and oxygen atoms in total. The van der Waals surface area contributed by atoms with Crippen molar-refractivity contribution in [3.05, 3.63) is 40.6 Å². The zero-order chi connectivity index (χ0) is 22.0. The topological polar surface area (TPSA) is 103 Å². The van der Waals surface area contributed by atoms with E-state index in [1.54, 1.807) is 27.0 Å². The number of furan rings is 1. The number of ketones is 1. The molecule has 0 aliphatic rings. The second-order valence-corrected chi connectivity index (χ2v) is 8.22. The Balaban J connectivity index is 1.85. The number of ether oxygens (including phenoxy) is 1. The van der Waals surface area contributed by atoms with Crippen molar-refractivity contribution in [1.29, 1.82) is 0 Å². The van der Waals surface area contributed by atoms with Gasteiger partial charge in [0.05, 0.1) is 34.9 Å². The van der Waals surface area contributed by atoms with Crippen molar-refractivity contribution in [2.75, 3.05) is 6.61 Å². The molecule has 0 fully saturated rings. The maximum atomic E-state index is 13.1. The van der Waals surface area contributed by atoms with Crippen LogP contribution >= 0.6 is 11.8 Å². The molecule has 160 valence electrons. The fraction of sp³-hybridized carbons (Fsp3) is 0.429. The lowest BCUT2D eigenvalue weighted by atomic mass is 10.1. The zero-order valence-corrected chi connectivity index (χ0v) is 18.8. The monoisotopic (exact) mass is 430 g/mol. The molecule has 3 rings (SSSR count). The van der Waals surface area contributed by atoms with Crippen molar-refractivity contribution in [2.24, 2.45) is 0 Å². The molecule has 0 bridgehead atoms. The van der Waals surface area contributed by atoms with Crippen molar-refractivity contribution in [2.45, 2.75) is 58.5 Å². The minimum Gasteiger partial charge on any atom is -0.469 e. The maximum Gasteiger partial charge on any atom is 0.340 e. The van der Waals surface area contributed by atoms with Crippen LogP contribution in [0.2, 0.25) is 0 Å². The molecule has 0 spiro atoms. The molecule has 3 heterocycles. The maximum absolute atomic E-state index is 13.1. The van der Waals surface area contributed by atoms with E-state index in [1.165, 1.54) is 11.8 Å². The minimum absolute atomic E-state index is 0.108. The van der Waals surface area contributed by atoms with Crippen LogP contribution in [0.5, 0.6) is 0 Å². The first-order valence-electron chi connectivity index (χ1n) is 9.84. The Labute approximate surface area is 179 Å². The molecule has 0 saturated carbocycles. The number of hydrogen-bond donors (Lipinski definition) is 1. The molecule has 9 heteroatoms. The molecule has 1 unspecified atom stereocenters. The van der Waals surface area contributed by atoms with Gasteiger partial charge in [0.1, 0.15) is 5.76 Å². The predicted octanol–water partition coefficient (Wildman–Crippen LogP) is 4.35. The Kier molecular flexibility index (Phi) is 6.50. The summed E-state index contributed by atoms with van der Waals surface area (Å²) in [5.74, 6) is 0.945. The summed E-state index contributed by atoms with van der Waals surface area (Å²) in [7, 11) is 0. The van der Waals surface area contributed by atoms with Crippen LogP contribution in [0.3, 0.4) is 0 Å². The molecule has 3 aromatic heterocycles. The fourth-order valence-electron chi connectivity index (χ4n) is 3.40. The van der Waals surface area contributed by atoms with E-state index >= 15 is 0 Å². The summed E-state index contributed by atoms with van der Waals surface area (Å²) in [5.41, 5.74) is 2.96. The van der Waals surface area contributed by atoms with E-state index in [2.05, 4.69) is 15.2 Å². The van der Waals surface area contributed by atoms with Crippen LogP contribution in [0.15, 0.2) is 21.9 Å². The first-order chi connectivity index (χ1) is 14.3. The van der Waals surface area contributed by atoms with Crippen molar-refractivity contribution in [3.8, 4) is 11.4 Å². The Morgan fingerprint density at radius 3 is 2.60 bits per heavy atom. The number of aryl methyl sites for hydroxylation is 2. The lowest BCUT2D eigenvalue weighted by molar-refractivity contribution is 0.0525. The number of rotatable bonds is 8. The van der Waals surface area contributed by atoms with Crippen LogP contribution < -0.4 is 0 Å². The second kappa shape index (κ2) is 8.91. The highest BCUT2D eigenvalue weighted by molar-refractivity contribution is 8.00. The highest BCUT2D eigenvalue weighted by Crippen LogP contribution is 2.31. The van der Waals surface area contributed by atoms with Gasteiger partial charge in [0.15, 0.2) is 16.8 Å². The number of thioether (sulfide) groups is 1. The van der Waals surface area contributed by atoms with Gasteiger partial charge < -0.3 is 18.7 Å². The summed E-state index contributed by atoms with van der Waals surface area (Å²) < 4.78 is 12.5. The molecule has 3 aromatic rings. The summed E-state index contributed by atoms with van der Waals surface area (Å²) in [4.78, 5) is 28.4. The lowest BCUT2D eigenvalue weighted by Gasteiger charge is -2.11. The zero-order valence-electron chi connectivity index (χ0n) is 18.0. The molecule has 1 N–H and O–H groups in total. The number of H-pyrrole nitrogens is 1. The van der Waals surface area contributed by atoms with Crippen molar-refractivity contribution >= 4 is 23.5 Å². The number of aromatic amines is 1. The summed E-state index contributed by atoms with van der Waals surface area (Å²) in [5, 5.41) is 8.83. The Morgan fingerprint density at radius 2 is 2.00 bits per heavy atom. The summed E-state index contributed by atoms with van der Waals surface area (Å²) in [6.07, 6.45) is 1.62. The third-order valence-electron chi connectivity index (χ3n) is 4.95. The van der Waals surface area contributed by atoms with E-state index in [0.717, 1.165) is 11.3 Å². The Morgan fingerprint density at radius 1 is 1.27 bits per heavy atom. The highest BCUT2D eigenvalue weighted by Gasteiger charge is 2.28. The molecule has 0 amide bonds. The Bertz CT molecular complexity index is 1080. The van der Waals surface area contributed by atoms with Crippen LogP contribution in [-0.4, -0.2) is 43.4 Å². The fourth-order valence-corrected chi connectivity index (χ4v) is 4.37. The molecule has 30 heavy (non-hydrogen) atoms. The highest BCUT2D eigenvalue weighted by atomic mass is 32.2. The van der Waals surface area contributed by atoms with Gasteiger partial charge in [-0.15, -0.1) is 10.2 Å². The number of aromatic nitrogens is 4. The largest absolute Gasteiger partial charge is 0.469 e. The number of nitrogens with one attached hydrogen (secondary N) is 1.